The van der Waals surface area contributed by atoms with Gasteiger partial charge >= 0.3 is 0 Å². The summed E-state index contributed by atoms with van der Waals surface area (Å²) in [6.45, 7) is 6.02. The summed E-state index contributed by atoms with van der Waals surface area (Å²) in [5.41, 5.74) is 0. The van der Waals surface area contributed by atoms with Crippen LogP contribution in [-0.2, 0) is 0 Å². The van der Waals surface area contributed by atoms with Crippen molar-refractivity contribution in [1.82, 2.24) is 0 Å². The summed E-state index contributed by atoms with van der Waals surface area (Å²) in [6.07, 6.45) is 24.5. The van der Waals surface area contributed by atoms with Crippen LogP contribution in [0.15, 0.2) is 36.5 Å². The molecule has 0 aromatic rings. The number of rotatable bonds is 11. The van der Waals surface area contributed by atoms with E-state index in [0.717, 1.165) is 19.3 Å². The summed E-state index contributed by atoms with van der Waals surface area (Å²) in [7, 11) is 0. The second-order valence-corrected chi connectivity index (χ2v) is 4.38. The van der Waals surface area contributed by atoms with Crippen LogP contribution in [-0.4, -0.2) is 0 Å². The quantitative estimate of drug-likeness (QED) is 0.232. The largest absolute Gasteiger partial charge is 0.0885 e. The molecule has 0 spiro atoms. The molecule has 0 rings (SSSR count). The molecule has 0 saturated carbocycles. The summed E-state index contributed by atoms with van der Waals surface area (Å²) in [5.74, 6) is 0. The van der Waals surface area contributed by atoms with Gasteiger partial charge in [0.15, 0.2) is 0 Å². The SMILES string of the molecule is [CH2]CCCCCCC/C=C/C=C\C/C=C/CC. The molecule has 1 radical (unpaired) electrons. The fourth-order valence-electron chi connectivity index (χ4n) is 1.64. The van der Waals surface area contributed by atoms with Crippen LogP contribution in [0.5, 0.6) is 0 Å². The molecule has 97 valence electrons. The van der Waals surface area contributed by atoms with Gasteiger partial charge in [0.25, 0.3) is 0 Å². The van der Waals surface area contributed by atoms with Gasteiger partial charge < -0.3 is 0 Å². The lowest BCUT2D eigenvalue weighted by molar-refractivity contribution is 0.621. The monoisotopic (exact) mass is 233 g/mol. The van der Waals surface area contributed by atoms with E-state index in [-0.39, 0.29) is 0 Å². The predicted molar refractivity (Wildman–Crippen MR) is 80.0 cm³/mol. The van der Waals surface area contributed by atoms with Crippen LogP contribution >= 0.6 is 0 Å². The van der Waals surface area contributed by atoms with Crippen molar-refractivity contribution in [3.63, 3.8) is 0 Å². The van der Waals surface area contributed by atoms with E-state index >= 15 is 0 Å². The smallest absolute Gasteiger partial charge is 0.0166 e. The number of hydrogen-bond acceptors (Lipinski definition) is 0. The lowest BCUT2D eigenvalue weighted by Gasteiger charge is -1.97. The summed E-state index contributed by atoms with van der Waals surface area (Å²) in [4.78, 5) is 0. The van der Waals surface area contributed by atoms with E-state index in [0.29, 0.717) is 0 Å². The van der Waals surface area contributed by atoms with Gasteiger partial charge in [-0.1, -0.05) is 82.4 Å². The fraction of sp³-hybridized carbons (Fsp3) is 0.588. The first-order chi connectivity index (χ1) is 8.41. The van der Waals surface area contributed by atoms with Gasteiger partial charge in [-0.05, 0) is 25.7 Å². The van der Waals surface area contributed by atoms with Crippen LogP contribution in [0.25, 0.3) is 0 Å². The van der Waals surface area contributed by atoms with E-state index in [2.05, 4.69) is 50.3 Å². The van der Waals surface area contributed by atoms with Crippen LogP contribution in [0.4, 0.5) is 0 Å². The minimum Gasteiger partial charge on any atom is -0.0885 e. The Kier molecular flexibility index (Phi) is 14.5. The van der Waals surface area contributed by atoms with E-state index in [1.165, 1.54) is 38.5 Å². The molecule has 0 fully saturated rings. The maximum atomic E-state index is 3.86. The molecule has 0 N–H and O–H groups in total. The van der Waals surface area contributed by atoms with Crippen LogP contribution in [0.3, 0.4) is 0 Å². The van der Waals surface area contributed by atoms with Crippen molar-refractivity contribution in [2.45, 2.75) is 64.7 Å². The molecule has 0 unspecified atom stereocenters. The molecule has 0 heteroatoms. The third-order valence-electron chi connectivity index (χ3n) is 2.68. The van der Waals surface area contributed by atoms with Crippen molar-refractivity contribution in [2.75, 3.05) is 0 Å². The molecule has 0 aliphatic heterocycles. The highest BCUT2D eigenvalue weighted by molar-refractivity contribution is 5.04. The predicted octanol–water partition coefficient (Wildman–Crippen LogP) is 6.02. The Balaban J connectivity index is 3.21. The first kappa shape index (κ1) is 16.2. The van der Waals surface area contributed by atoms with Gasteiger partial charge in [-0.15, -0.1) is 0 Å². The van der Waals surface area contributed by atoms with Crippen LogP contribution < -0.4 is 0 Å². The first-order valence-corrected chi connectivity index (χ1v) is 7.17. The molecule has 0 aromatic carbocycles. The van der Waals surface area contributed by atoms with E-state index < -0.39 is 0 Å². The molecule has 0 bridgehead atoms. The van der Waals surface area contributed by atoms with Gasteiger partial charge in [0.2, 0.25) is 0 Å². The average Bonchev–Trinajstić information content (AvgIpc) is 2.35. The van der Waals surface area contributed by atoms with Gasteiger partial charge in [0.05, 0.1) is 0 Å². The Morgan fingerprint density at radius 2 is 1.47 bits per heavy atom. The molecule has 0 aliphatic carbocycles. The molecular formula is C17H29. The summed E-state index contributed by atoms with van der Waals surface area (Å²) in [6, 6.07) is 0. The Morgan fingerprint density at radius 1 is 0.765 bits per heavy atom. The van der Waals surface area contributed by atoms with Crippen molar-refractivity contribution in [3.8, 4) is 0 Å². The second-order valence-electron chi connectivity index (χ2n) is 4.38. The molecule has 17 heavy (non-hydrogen) atoms. The van der Waals surface area contributed by atoms with E-state index in [4.69, 9.17) is 0 Å². The van der Waals surface area contributed by atoms with Crippen LogP contribution in [0, 0.1) is 6.92 Å². The highest BCUT2D eigenvalue weighted by atomic mass is 13.9. The number of allylic oxidation sites excluding steroid dienone is 6. The summed E-state index contributed by atoms with van der Waals surface area (Å²) in [5, 5.41) is 0. The molecule has 0 atom stereocenters. The van der Waals surface area contributed by atoms with Gasteiger partial charge in [-0.3, -0.25) is 0 Å². The molecule has 0 amide bonds. The highest BCUT2D eigenvalue weighted by Crippen LogP contribution is 2.06. The lowest BCUT2D eigenvalue weighted by atomic mass is 10.1. The Labute approximate surface area is 109 Å². The molecular weight excluding hydrogens is 204 g/mol. The summed E-state index contributed by atoms with van der Waals surface area (Å²) < 4.78 is 0. The molecule has 0 aromatic heterocycles. The third-order valence-corrected chi connectivity index (χ3v) is 2.68. The van der Waals surface area contributed by atoms with Crippen molar-refractivity contribution in [3.05, 3.63) is 43.4 Å². The van der Waals surface area contributed by atoms with Gasteiger partial charge in [0, 0.05) is 0 Å². The zero-order chi connectivity index (χ0) is 12.6. The molecule has 0 aliphatic rings. The van der Waals surface area contributed by atoms with E-state index in [9.17, 15) is 0 Å². The molecule has 0 heterocycles. The zero-order valence-electron chi connectivity index (χ0n) is 11.5. The van der Waals surface area contributed by atoms with Crippen molar-refractivity contribution in [2.24, 2.45) is 0 Å². The van der Waals surface area contributed by atoms with Crippen LogP contribution in [0.1, 0.15) is 64.7 Å². The second kappa shape index (κ2) is 15.2. The zero-order valence-corrected chi connectivity index (χ0v) is 11.5. The maximum absolute atomic E-state index is 3.86. The minimum atomic E-state index is 1.06. The van der Waals surface area contributed by atoms with Crippen LogP contribution in [0.2, 0.25) is 0 Å². The Bertz CT molecular complexity index is 208. The van der Waals surface area contributed by atoms with Crippen molar-refractivity contribution in [1.29, 1.82) is 0 Å². The Morgan fingerprint density at radius 3 is 2.24 bits per heavy atom. The van der Waals surface area contributed by atoms with E-state index in [1.807, 2.05) is 0 Å². The highest BCUT2D eigenvalue weighted by Gasteiger charge is 1.87. The lowest BCUT2D eigenvalue weighted by Crippen LogP contribution is -1.77. The maximum Gasteiger partial charge on any atom is -0.0166 e. The third kappa shape index (κ3) is 15.2. The standard InChI is InChI=1S/C17H29/c1-3-5-7-9-11-13-15-17-16-14-12-10-8-6-4-2/h6,8,12,14,16-17H,1,3-5,7,9-11,13,15H2,2H3/b8-6+,14-12-,17-16+. The topological polar surface area (TPSA) is 0 Å². The van der Waals surface area contributed by atoms with Gasteiger partial charge in [0.1, 0.15) is 0 Å². The average molecular weight is 233 g/mol. The number of hydrogen-bond donors (Lipinski definition) is 0. The number of unbranched alkanes of at least 4 members (excludes halogenated alkanes) is 6. The van der Waals surface area contributed by atoms with E-state index in [1.54, 1.807) is 0 Å². The molecule has 0 saturated heterocycles. The van der Waals surface area contributed by atoms with Crippen molar-refractivity contribution < 1.29 is 0 Å². The minimum absolute atomic E-state index is 1.06. The first-order valence-electron chi connectivity index (χ1n) is 7.17. The normalized spacial score (nSPS) is 12.4. The van der Waals surface area contributed by atoms with Gasteiger partial charge in [-0.25, -0.2) is 0 Å². The Hall–Kier alpha value is -0.780. The molecule has 0 nitrogen and oxygen atoms in total. The van der Waals surface area contributed by atoms with Gasteiger partial charge in [-0.2, -0.15) is 0 Å². The fourth-order valence-corrected chi connectivity index (χ4v) is 1.64. The van der Waals surface area contributed by atoms with Crippen molar-refractivity contribution >= 4 is 0 Å². The summed E-state index contributed by atoms with van der Waals surface area (Å²) >= 11 is 0.